The van der Waals surface area contributed by atoms with Crippen LogP contribution in [-0.4, -0.2) is 11.9 Å². The van der Waals surface area contributed by atoms with E-state index < -0.39 is 0 Å². The second-order valence-corrected chi connectivity index (χ2v) is 4.40. The minimum atomic E-state index is -0.373. The summed E-state index contributed by atoms with van der Waals surface area (Å²) in [5.74, 6) is -0.439. The maximum Gasteiger partial charge on any atom is 0.313 e. The molecule has 3 heteroatoms. The van der Waals surface area contributed by atoms with Crippen molar-refractivity contribution in [1.29, 1.82) is 0 Å². The molecule has 0 saturated carbocycles. The summed E-state index contributed by atoms with van der Waals surface area (Å²) in [4.78, 5) is 22.6. The number of hydrogen-bond acceptors (Lipinski definition) is 3. The van der Waals surface area contributed by atoms with E-state index in [-0.39, 0.29) is 11.9 Å². The molecule has 0 radical (unpaired) electrons. The van der Waals surface area contributed by atoms with Crippen LogP contribution in [0.4, 0.5) is 0 Å². The quantitative estimate of drug-likeness (QED) is 0.363. The van der Waals surface area contributed by atoms with Crippen LogP contribution in [0.1, 0.15) is 65.7 Å². The summed E-state index contributed by atoms with van der Waals surface area (Å²) in [6.07, 6.45) is 5.66. The molecule has 0 rings (SSSR count). The van der Waals surface area contributed by atoms with Crippen molar-refractivity contribution in [2.45, 2.75) is 65.7 Å². The Morgan fingerprint density at radius 2 is 1.75 bits per heavy atom. The lowest BCUT2D eigenvalue weighted by molar-refractivity contribution is -0.160. The molecule has 0 aliphatic heterocycles. The summed E-state index contributed by atoms with van der Waals surface area (Å²) in [6.45, 7) is 6.16. The first-order valence-corrected chi connectivity index (χ1v) is 6.33. The van der Waals surface area contributed by atoms with E-state index in [1.807, 2.05) is 6.92 Å². The zero-order valence-corrected chi connectivity index (χ0v) is 10.8. The van der Waals surface area contributed by atoms with E-state index in [9.17, 15) is 9.59 Å². The fourth-order valence-corrected chi connectivity index (χ4v) is 1.62. The molecule has 0 fully saturated rings. The monoisotopic (exact) mass is 228 g/mol. The van der Waals surface area contributed by atoms with Crippen molar-refractivity contribution < 1.29 is 14.3 Å². The summed E-state index contributed by atoms with van der Waals surface area (Å²) in [6, 6.07) is 0. The molecule has 16 heavy (non-hydrogen) atoms. The van der Waals surface area contributed by atoms with Crippen molar-refractivity contribution in [3.63, 3.8) is 0 Å². The molecule has 0 bridgehead atoms. The number of carbonyl (C=O) groups is 2. The largest absolute Gasteiger partial charge is 0.393 e. The van der Waals surface area contributed by atoms with Crippen LogP contribution in [-0.2, 0) is 14.3 Å². The maximum absolute atomic E-state index is 11.3. The fraction of sp³-hybridized carbons (Fsp3) is 0.846. The molecule has 0 saturated heterocycles. The summed E-state index contributed by atoms with van der Waals surface area (Å²) < 4.78 is 4.74. The lowest BCUT2D eigenvalue weighted by atomic mass is 10.0. The van der Waals surface area contributed by atoms with Gasteiger partial charge >= 0.3 is 11.9 Å². The van der Waals surface area contributed by atoms with E-state index in [4.69, 9.17) is 4.74 Å². The van der Waals surface area contributed by atoms with Crippen LogP contribution in [0.15, 0.2) is 0 Å². The fourth-order valence-electron chi connectivity index (χ4n) is 1.62. The Hall–Kier alpha value is -0.860. The van der Waals surface area contributed by atoms with Gasteiger partial charge in [0, 0.05) is 12.8 Å². The molecule has 0 N–H and O–H groups in total. The van der Waals surface area contributed by atoms with E-state index in [2.05, 4.69) is 13.8 Å². The van der Waals surface area contributed by atoms with Crippen LogP contribution in [0.2, 0.25) is 0 Å². The van der Waals surface area contributed by atoms with E-state index in [1.165, 1.54) is 0 Å². The molecule has 3 nitrogen and oxygen atoms in total. The Labute approximate surface area is 98.6 Å². The molecule has 1 atom stereocenters. The summed E-state index contributed by atoms with van der Waals surface area (Å²) in [7, 11) is 0. The molecule has 0 aliphatic rings. The lowest BCUT2D eigenvalue weighted by Gasteiger charge is -2.08. The molecular weight excluding hydrogens is 204 g/mol. The zero-order valence-electron chi connectivity index (χ0n) is 10.8. The summed E-state index contributed by atoms with van der Waals surface area (Å²) in [5, 5.41) is 0. The van der Waals surface area contributed by atoms with Gasteiger partial charge < -0.3 is 4.74 Å². The van der Waals surface area contributed by atoms with Crippen LogP contribution in [0, 0.1) is 5.92 Å². The van der Waals surface area contributed by atoms with Gasteiger partial charge in [0.05, 0.1) is 0 Å². The number of hydrogen-bond donors (Lipinski definition) is 0. The highest BCUT2D eigenvalue weighted by Gasteiger charge is 2.13. The molecule has 0 spiro atoms. The molecule has 0 heterocycles. The zero-order chi connectivity index (χ0) is 12.4. The molecule has 1 unspecified atom stereocenters. The Morgan fingerprint density at radius 1 is 1.06 bits per heavy atom. The lowest BCUT2D eigenvalue weighted by Crippen LogP contribution is -2.14. The summed E-state index contributed by atoms with van der Waals surface area (Å²) in [5.41, 5.74) is 0. The molecule has 0 aromatic rings. The molecule has 94 valence electrons. The number of rotatable bonds is 8. The Kier molecular flexibility index (Phi) is 8.87. The predicted molar refractivity (Wildman–Crippen MR) is 63.9 cm³/mol. The summed E-state index contributed by atoms with van der Waals surface area (Å²) >= 11 is 0. The Balaban J connectivity index is 3.65. The Morgan fingerprint density at radius 3 is 2.31 bits per heavy atom. The average molecular weight is 228 g/mol. The predicted octanol–water partition coefficient (Wildman–Crippen LogP) is 3.46. The van der Waals surface area contributed by atoms with Gasteiger partial charge in [0.1, 0.15) is 0 Å². The van der Waals surface area contributed by atoms with Crippen molar-refractivity contribution >= 4 is 11.9 Å². The van der Waals surface area contributed by atoms with E-state index >= 15 is 0 Å². The first kappa shape index (κ1) is 15.1. The topological polar surface area (TPSA) is 43.4 Å². The highest BCUT2D eigenvalue weighted by Crippen LogP contribution is 2.11. The second-order valence-electron chi connectivity index (χ2n) is 4.40. The standard InChI is InChI=1S/C13H24O3/c1-4-6-7-9-12(14)16-13(15)10-11(3)8-5-2/h11H,4-10H2,1-3H3. The van der Waals surface area contributed by atoms with Crippen molar-refractivity contribution in [2.75, 3.05) is 0 Å². The third-order valence-electron chi connectivity index (χ3n) is 2.51. The molecule has 0 aromatic carbocycles. The number of carbonyl (C=O) groups excluding carboxylic acids is 2. The minimum absolute atomic E-state index is 0.306. The van der Waals surface area contributed by atoms with Crippen LogP contribution in [0.5, 0.6) is 0 Å². The van der Waals surface area contributed by atoms with Crippen LogP contribution in [0.25, 0.3) is 0 Å². The van der Waals surface area contributed by atoms with Gasteiger partial charge in [-0.15, -0.1) is 0 Å². The number of unbranched alkanes of at least 4 members (excludes halogenated alkanes) is 2. The van der Waals surface area contributed by atoms with Crippen molar-refractivity contribution in [3.8, 4) is 0 Å². The highest BCUT2D eigenvalue weighted by atomic mass is 16.6. The van der Waals surface area contributed by atoms with Gasteiger partial charge in [-0.2, -0.15) is 0 Å². The molecule has 0 aromatic heterocycles. The third-order valence-corrected chi connectivity index (χ3v) is 2.51. The van der Waals surface area contributed by atoms with Crippen molar-refractivity contribution in [2.24, 2.45) is 5.92 Å². The highest BCUT2D eigenvalue weighted by molar-refractivity contribution is 5.85. The van der Waals surface area contributed by atoms with Crippen molar-refractivity contribution in [3.05, 3.63) is 0 Å². The smallest absolute Gasteiger partial charge is 0.313 e. The third kappa shape index (κ3) is 8.45. The van der Waals surface area contributed by atoms with Crippen LogP contribution < -0.4 is 0 Å². The van der Waals surface area contributed by atoms with Gasteiger partial charge in [0.2, 0.25) is 0 Å². The number of esters is 2. The SMILES string of the molecule is CCCCCC(=O)OC(=O)CC(C)CCC. The normalized spacial score (nSPS) is 12.2. The first-order valence-electron chi connectivity index (χ1n) is 6.33. The van der Waals surface area contributed by atoms with Crippen molar-refractivity contribution in [1.82, 2.24) is 0 Å². The van der Waals surface area contributed by atoms with Gasteiger partial charge in [-0.3, -0.25) is 9.59 Å². The van der Waals surface area contributed by atoms with E-state index in [0.29, 0.717) is 18.8 Å². The van der Waals surface area contributed by atoms with E-state index in [0.717, 1.165) is 32.1 Å². The van der Waals surface area contributed by atoms with E-state index in [1.54, 1.807) is 0 Å². The van der Waals surface area contributed by atoms with Gasteiger partial charge in [0.25, 0.3) is 0 Å². The first-order chi connectivity index (χ1) is 7.60. The van der Waals surface area contributed by atoms with Crippen LogP contribution >= 0.6 is 0 Å². The van der Waals surface area contributed by atoms with Crippen LogP contribution in [0.3, 0.4) is 0 Å². The molecule has 0 amide bonds. The average Bonchev–Trinajstić information content (AvgIpc) is 2.17. The molecule has 0 aliphatic carbocycles. The van der Waals surface area contributed by atoms with Gasteiger partial charge in [-0.25, -0.2) is 0 Å². The minimum Gasteiger partial charge on any atom is -0.393 e. The van der Waals surface area contributed by atoms with Gasteiger partial charge in [0.15, 0.2) is 0 Å². The van der Waals surface area contributed by atoms with Gasteiger partial charge in [-0.1, -0.05) is 46.5 Å². The number of ether oxygens (including phenoxy) is 1. The molecular formula is C13H24O3. The van der Waals surface area contributed by atoms with Gasteiger partial charge in [-0.05, 0) is 12.3 Å². The maximum atomic E-state index is 11.3. The Bertz CT molecular complexity index is 211. The second kappa shape index (κ2) is 9.37.